The highest BCUT2D eigenvalue weighted by atomic mass is 16.5. The van der Waals surface area contributed by atoms with E-state index in [-0.39, 0.29) is 29.1 Å². The normalized spacial score (nSPS) is 33.1. The Hall–Kier alpha value is -1.81. The summed E-state index contributed by atoms with van der Waals surface area (Å²) >= 11 is 0. The van der Waals surface area contributed by atoms with E-state index in [0.717, 1.165) is 12.0 Å². The van der Waals surface area contributed by atoms with Crippen molar-refractivity contribution in [2.75, 3.05) is 0 Å². The Morgan fingerprint density at radius 3 is 2.35 bits per heavy atom. The molecular formula is C19H24O4. The zero-order valence-electron chi connectivity index (χ0n) is 14.0. The van der Waals surface area contributed by atoms with Crippen molar-refractivity contribution in [1.82, 2.24) is 0 Å². The fraction of sp³-hybridized carbons (Fsp3) is 0.526. The Kier molecular flexibility index (Phi) is 3.56. The topological polar surface area (TPSA) is 66.8 Å². The summed E-state index contributed by atoms with van der Waals surface area (Å²) in [5.41, 5.74) is 0.441. The van der Waals surface area contributed by atoms with Crippen LogP contribution in [-0.4, -0.2) is 27.9 Å². The van der Waals surface area contributed by atoms with Crippen molar-refractivity contribution in [2.45, 2.75) is 45.8 Å². The van der Waals surface area contributed by atoms with Crippen LogP contribution in [0.2, 0.25) is 0 Å². The third kappa shape index (κ3) is 2.36. The van der Waals surface area contributed by atoms with Crippen molar-refractivity contribution in [1.29, 1.82) is 0 Å². The van der Waals surface area contributed by atoms with Crippen LogP contribution in [0.15, 0.2) is 35.9 Å². The third-order valence-corrected chi connectivity index (χ3v) is 5.62. The quantitative estimate of drug-likeness (QED) is 0.661. The first-order valence-corrected chi connectivity index (χ1v) is 8.10. The second-order valence-corrected chi connectivity index (χ2v) is 7.49. The zero-order chi connectivity index (χ0) is 17.0. The lowest BCUT2D eigenvalue weighted by molar-refractivity contribution is -0.0109. The first kappa shape index (κ1) is 16.1. The van der Waals surface area contributed by atoms with Gasteiger partial charge in [-0.2, -0.15) is 0 Å². The molecule has 0 amide bonds. The number of aromatic hydroxyl groups is 1. The molecule has 124 valence electrons. The first-order valence-electron chi connectivity index (χ1n) is 8.10. The molecule has 1 aromatic carbocycles. The van der Waals surface area contributed by atoms with Crippen molar-refractivity contribution in [3.8, 4) is 5.75 Å². The number of fused-ring (bicyclic) bond motifs is 1. The number of phenols is 1. The minimum Gasteiger partial charge on any atom is -0.508 e. The van der Waals surface area contributed by atoms with Crippen LogP contribution in [0.1, 0.15) is 44.5 Å². The number of carbonyl (C=O) groups excluding carboxylic acids is 1. The lowest BCUT2D eigenvalue weighted by Crippen LogP contribution is -2.35. The molecule has 3 rings (SSSR count). The number of carbonyl (C=O) groups is 1. The van der Waals surface area contributed by atoms with Gasteiger partial charge in [0.05, 0.1) is 11.2 Å². The number of hydrogen-bond acceptors (Lipinski definition) is 4. The van der Waals surface area contributed by atoms with Crippen LogP contribution in [0.25, 0.3) is 0 Å². The van der Waals surface area contributed by atoms with E-state index in [1.54, 1.807) is 12.1 Å². The van der Waals surface area contributed by atoms with Crippen LogP contribution in [0, 0.1) is 17.3 Å². The molecule has 4 unspecified atom stereocenters. The van der Waals surface area contributed by atoms with Crippen molar-refractivity contribution in [3.63, 3.8) is 0 Å². The number of rotatable bonds is 4. The second-order valence-electron chi connectivity index (χ2n) is 7.49. The maximum absolute atomic E-state index is 12.4. The van der Waals surface area contributed by atoms with Crippen LogP contribution in [0.3, 0.4) is 0 Å². The maximum Gasteiger partial charge on any atom is 0.338 e. The van der Waals surface area contributed by atoms with Gasteiger partial charge < -0.3 is 14.9 Å². The van der Waals surface area contributed by atoms with Crippen LogP contribution < -0.4 is 0 Å². The highest BCUT2D eigenvalue weighted by molar-refractivity contribution is 5.89. The molecule has 0 saturated heterocycles. The standard InChI is InChI=1S/C19H24O4/c1-11(2)16(15-9-12(3)19(22)10-18(15,19)4)23-17(21)13-5-7-14(20)8-6-13/h5-9,11,15-16,20,22H,10H2,1-4H3. The third-order valence-electron chi connectivity index (χ3n) is 5.62. The SMILES string of the molecule is CC1=CC(C(OC(=O)c2ccc(O)cc2)C(C)C)C2(C)CC12O. The molecule has 4 nitrogen and oxygen atoms in total. The molecule has 23 heavy (non-hydrogen) atoms. The number of esters is 1. The van der Waals surface area contributed by atoms with E-state index in [1.165, 1.54) is 12.1 Å². The van der Waals surface area contributed by atoms with Crippen LogP contribution in [0.4, 0.5) is 0 Å². The van der Waals surface area contributed by atoms with E-state index >= 15 is 0 Å². The molecule has 0 bridgehead atoms. The zero-order valence-corrected chi connectivity index (χ0v) is 14.0. The highest BCUT2D eigenvalue weighted by Gasteiger charge is 2.72. The van der Waals surface area contributed by atoms with Crippen molar-refractivity contribution < 1.29 is 19.7 Å². The number of ether oxygens (including phenoxy) is 1. The minimum absolute atomic E-state index is 0.0218. The van der Waals surface area contributed by atoms with Gasteiger partial charge in [0, 0.05) is 11.3 Å². The Balaban J connectivity index is 1.81. The summed E-state index contributed by atoms with van der Waals surface area (Å²) in [7, 11) is 0. The van der Waals surface area contributed by atoms with Gasteiger partial charge in [-0.05, 0) is 49.1 Å². The van der Waals surface area contributed by atoms with Crippen LogP contribution >= 0.6 is 0 Å². The predicted molar refractivity (Wildman–Crippen MR) is 87.1 cm³/mol. The fourth-order valence-electron chi connectivity index (χ4n) is 3.93. The van der Waals surface area contributed by atoms with Gasteiger partial charge in [0.25, 0.3) is 0 Å². The van der Waals surface area contributed by atoms with Gasteiger partial charge in [-0.25, -0.2) is 4.79 Å². The molecule has 0 heterocycles. The molecule has 1 aromatic rings. The monoisotopic (exact) mass is 316 g/mol. The van der Waals surface area contributed by atoms with Gasteiger partial charge in [0.1, 0.15) is 11.9 Å². The van der Waals surface area contributed by atoms with Crippen molar-refractivity contribution >= 4 is 5.97 Å². The van der Waals surface area contributed by atoms with Crippen LogP contribution in [0.5, 0.6) is 5.75 Å². The first-order chi connectivity index (χ1) is 10.7. The van der Waals surface area contributed by atoms with Gasteiger partial charge in [0.15, 0.2) is 0 Å². The minimum atomic E-state index is -0.726. The Morgan fingerprint density at radius 2 is 1.91 bits per heavy atom. The molecule has 4 heteroatoms. The molecule has 2 aliphatic rings. The molecule has 0 spiro atoms. The van der Waals surface area contributed by atoms with Gasteiger partial charge in [-0.1, -0.05) is 26.8 Å². The summed E-state index contributed by atoms with van der Waals surface area (Å²) in [5, 5.41) is 20.0. The van der Waals surface area contributed by atoms with E-state index in [9.17, 15) is 15.0 Å². The molecule has 1 saturated carbocycles. The summed E-state index contributed by atoms with van der Waals surface area (Å²) in [5.74, 6) is -0.111. The number of aliphatic hydroxyl groups is 1. The van der Waals surface area contributed by atoms with E-state index < -0.39 is 11.6 Å². The Labute approximate surface area is 136 Å². The molecular weight excluding hydrogens is 292 g/mol. The largest absolute Gasteiger partial charge is 0.508 e. The molecule has 0 radical (unpaired) electrons. The molecule has 0 aromatic heterocycles. The summed E-state index contributed by atoms with van der Waals surface area (Å²) in [6.07, 6.45) is 2.51. The summed E-state index contributed by atoms with van der Waals surface area (Å²) in [6.45, 7) is 8.07. The number of phenolic OH excluding ortho intramolecular Hbond substituents is 1. The van der Waals surface area contributed by atoms with E-state index in [0.29, 0.717) is 5.56 Å². The molecule has 2 aliphatic carbocycles. The van der Waals surface area contributed by atoms with Gasteiger partial charge in [-0.15, -0.1) is 0 Å². The predicted octanol–water partition coefficient (Wildman–Crippen LogP) is 3.29. The molecule has 2 N–H and O–H groups in total. The smallest absolute Gasteiger partial charge is 0.338 e. The second kappa shape index (κ2) is 5.10. The number of benzene rings is 1. The summed E-state index contributed by atoms with van der Waals surface area (Å²) in [6, 6.07) is 6.06. The number of hydrogen-bond donors (Lipinski definition) is 2. The van der Waals surface area contributed by atoms with Gasteiger partial charge >= 0.3 is 5.97 Å². The van der Waals surface area contributed by atoms with E-state index in [1.807, 2.05) is 20.8 Å². The average Bonchev–Trinajstić information content (AvgIpc) is 3.01. The van der Waals surface area contributed by atoms with E-state index in [4.69, 9.17) is 4.74 Å². The summed E-state index contributed by atoms with van der Waals surface area (Å²) < 4.78 is 5.80. The molecule has 0 aliphatic heterocycles. The lowest BCUT2D eigenvalue weighted by atomic mass is 9.82. The fourth-order valence-corrected chi connectivity index (χ4v) is 3.93. The summed E-state index contributed by atoms with van der Waals surface area (Å²) in [4.78, 5) is 12.4. The van der Waals surface area contributed by atoms with Crippen molar-refractivity contribution in [2.24, 2.45) is 17.3 Å². The van der Waals surface area contributed by atoms with E-state index in [2.05, 4.69) is 13.0 Å². The molecule has 1 fully saturated rings. The van der Waals surface area contributed by atoms with Gasteiger partial charge in [0.2, 0.25) is 0 Å². The average molecular weight is 316 g/mol. The van der Waals surface area contributed by atoms with Crippen molar-refractivity contribution in [3.05, 3.63) is 41.5 Å². The highest BCUT2D eigenvalue weighted by Crippen LogP contribution is 2.70. The maximum atomic E-state index is 12.4. The Bertz CT molecular complexity index is 660. The molecule has 4 atom stereocenters. The van der Waals surface area contributed by atoms with Crippen LogP contribution in [-0.2, 0) is 4.74 Å². The lowest BCUT2D eigenvalue weighted by Gasteiger charge is -2.31. The Morgan fingerprint density at radius 1 is 1.30 bits per heavy atom. The van der Waals surface area contributed by atoms with Gasteiger partial charge in [-0.3, -0.25) is 0 Å².